The Morgan fingerprint density at radius 2 is 1.76 bits per heavy atom. The van der Waals surface area contributed by atoms with E-state index < -0.39 is 0 Å². The molecule has 0 bridgehead atoms. The summed E-state index contributed by atoms with van der Waals surface area (Å²) in [6.07, 6.45) is 1.18. The minimum atomic E-state index is -0.333. The van der Waals surface area contributed by atoms with E-state index >= 15 is 0 Å². The normalized spacial score (nSPS) is 10.2. The summed E-state index contributed by atoms with van der Waals surface area (Å²) < 4.78 is 13.9. The van der Waals surface area contributed by atoms with E-state index in [1.54, 1.807) is 47.4 Å². The fraction of sp³-hybridized carbons (Fsp3) is 0.200. The molecule has 130 valence electrons. The molecule has 2 rings (SSSR count). The molecule has 0 saturated carbocycles. The van der Waals surface area contributed by atoms with Crippen LogP contribution in [-0.2, 0) is 17.9 Å². The molecule has 0 aliphatic rings. The van der Waals surface area contributed by atoms with Crippen molar-refractivity contribution in [2.45, 2.75) is 20.0 Å². The Hall–Kier alpha value is -2.95. The summed E-state index contributed by atoms with van der Waals surface area (Å²) in [5.74, 6) is -0.838. The maximum atomic E-state index is 13.9. The van der Waals surface area contributed by atoms with Gasteiger partial charge in [-0.05, 0) is 30.7 Å². The quantitative estimate of drug-likeness (QED) is 0.786. The average Bonchev–Trinajstić information content (AvgIpc) is 2.65. The molecule has 0 heterocycles. The second-order valence-electron chi connectivity index (χ2n) is 5.49. The second-order valence-corrected chi connectivity index (χ2v) is 5.49. The van der Waals surface area contributed by atoms with Crippen molar-refractivity contribution in [3.63, 3.8) is 0 Å². The van der Waals surface area contributed by atoms with Crippen molar-refractivity contribution in [2.24, 2.45) is 0 Å². The summed E-state index contributed by atoms with van der Waals surface area (Å²) in [7, 11) is 0. The van der Waals surface area contributed by atoms with E-state index in [1.807, 2.05) is 6.92 Å². The molecule has 0 radical (unpaired) electrons. The van der Waals surface area contributed by atoms with Gasteiger partial charge in [-0.25, -0.2) is 4.39 Å². The van der Waals surface area contributed by atoms with Crippen LogP contribution >= 0.6 is 0 Å². The Morgan fingerprint density at radius 3 is 2.40 bits per heavy atom. The fourth-order valence-electron chi connectivity index (χ4n) is 2.47. The van der Waals surface area contributed by atoms with E-state index in [2.05, 4.69) is 11.9 Å². The number of carbonyl (C=O) groups excluding carboxylic acids is 2. The summed E-state index contributed by atoms with van der Waals surface area (Å²) in [6.45, 7) is 6.11. The van der Waals surface area contributed by atoms with E-state index in [0.29, 0.717) is 23.2 Å². The Morgan fingerprint density at radius 1 is 1.12 bits per heavy atom. The topological polar surface area (TPSA) is 49.4 Å². The predicted molar refractivity (Wildman–Crippen MR) is 95.3 cm³/mol. The third-order valence-electron chi connectivity index (χ3n) is 3.87. The molecule has 2 aromatic rings. The number of halogens is 1. The lowest BCUT2D eigenvalue weighted by Gasteiger charge is -2.23. The van der Waals surface area contributed by atoms with Gasteiger partial charge in [-0.3, -0.25) is 9.59 Å². The van der Waals surface area contributed by atoms with Crippen molar-refractivity contribution in [2.75, 3.05) is 6.54 Å². The Bertz CT molecular complexity index is 774. The average molecular weight is 340 g/mol. The first kappa shape index (κ1) is 18.4. The molecule has 0 atom stereocenters. The van der Waals surface area contributed by atoms with Crippen LogP contribution in [0.1, 0.15) is 28.4 Å². The molecule has 0 fully saturated rings. The molecule has 1 N–H and O–H groups in total. The first-order valence-electron chi connectivity index (χ1n) is 8.07. The van der Waals surface area contributed by atoms with Crippen LogP contribution in [0.15, 0.2) is 61.2 Å². The zero-order valence-corrected chi connectivity index (χ0v) is 14.2. The highest BCUT2D eigenvalue weighted by atomic mass is 19.1. The summed E-state index contributed by atoms with van der Waals surface area (Å²) >= 11 is 0. The molecule has 0 aromatic heterocycles. The molecule has 0 aliphatic heterocycles. The zero-order chi connectivity index (χ0) is 18.2. The van der Waals surface area contributed by atoms with Gasteiger partial charge in [-0.2, -0.15) is 0 Å². The largest absolute Gasteiger partial charge is 0.348 e. The standard InChI is InChI=1S/C20H21FN2O2/c1-3-19(24)22-13-15-9-5-7-11-17(15)20(25)23(4-2)14-16-10-6-8-12-18(16)21/h3,5-12H,1,4,13-14H2,2H3,(H,22,24). The molecule has 0 spiro atoms. The number of nitrogens with one attached hydrogen (secondary N) is 1. The van der Waals surface area contributed by atoms with E-state index in [4.69, 9.17) is 0 Å². The monoisotopic (exact) mass is 340 g/mol. The Labute approximate surface area is 147 Å². The van der Waals surface area contributed by atoms with Crippen LogP contribution in [0, 0.1) is 5.82 Å². The third kappa shape index (κ3) is 4.76. The van der Waals surface area contributed by atoms with Gasteiger partial charge in [-0.15, -0.1) is 0 Å². The highest BCUT2D eigenvalue weighted by molar-refractivity contribution is 5.96. The van der Waals surface area contributed by atoms with Crippen LogP contribution < -0.4 is 5.32 Å². The maximum Gasteiger partial charge on any atom is 0.254 e. The first-order valence-corrected chi connectivity index (χ1v) is 8.07. The lowest BCUT2D eigenvalue weighted by molar-refractivity contribution is -0.116. The van der Waals surface area contributed by atoms with Crippen LogP contribution in [0.2, 0.25) is 0 Å². The first-order chi connectivity index (χ1) is 12.1. The number of hydrogen-bond donors (Lipinski definition) is 1. The molecule has 0 saturated heterocycles. The van der Waals surface area contributed by atoms with Crippen molar-refractivity contribution < 1.29 is 14.0 Å². The molecule has 2 amide bonds. The van der Waals surface area contributed by atoms with Gasteiger partial charge in [0, 0.05) is 30.8 Å². The van der Waals surface area contributed by atoms with Crippen molar-refractivity contribution in [3.05, 3.63) is 83.7 Å². The van der Waals surface area contributed by atoms with Gasteiger partial charge in [0.2, 0.25) is 5.91 Å². The van der Waals surface area contributed by atoms with Gasteiger partial charge in [0.25, 0.3) is 5.91 Å². The van der Waals surface area contributed by atoms with Gasteiger partial charge in [0.1, 0.15) is 5.82 Å². The molecular weight excluding hydrogens is 319 g/mol. The van der Waals surface area contributed by atoms with Gasteiger partial charge in [0.05, 0.1) is 0 Å². The SMILES string of the molecule is C=CC(=O)NCc1ccccc1C(=O)N(CC)Cc1ccccc1F. The van der Waals surface area contributed by atoms with Crippen LogP contribution in [0.4, 0.5) is 4.39 Å². The van der Waals surface area contributed by atoms with E-state index in [0.717, 1.165) is 0 Å². The summed E-state index contributed by atoms with van der Waals surface area (Å²) in [4.78, 5) is 25.8. The van der Waals surface area contributed by atoms with E-state index in [1.165, 1.54) is 12.1 Å². The summed E-state index contributed by atoms with van der Waals surface area (Å²) in [5.41, 5.74) is 1.66. The van der Waals surface area contributed by atoms with Crippen molar-refractivity contribution in [3.8, 4) is 0 Å². The van der Waals surface area contributed by atoms with Crippen LogP contribution in [0.5, 0.6) is 0 Å². The molecule has 2 aromatic carbocycles. The van der Waals surface area contributed by atoms with Gasteiger partial charge in [0.15, 0.2) is 0 Å². The number of benzene rings is 2. The molecule has 4 nitrogen and oxygen atoms in total. The zero-order valence-electron chi connectivity index (χ0n) is 14.2. The highest BCUT2D eigenvalue weighted by Crippen LogP contribution is 2.16. The number of nitrogens with zero attached hydrogens (tertiary/aromatic N) is 1. The van der Waals surface area contributed by atoms with Gasteiger partial charge in [-0.1, -0.05) is 43.0 Å². The Kier molecular flexibility index (Phi) is 6.46. The van der Waals surface area contributed by atoms with E-state index in [9.17, 15) is 14.0 Å². The lowest BCUT2D eigenvalue weighted by Crippen LogP contribution is -2.32. The number of amides is 2. The van der Waals surface area contributed by atoms with E-state index in [-0.39, 0.29) is 30.7 Å². The highest BCUT2D eigenvalue weighted by Gasteiger charge is 2.18. The minimum absolute atomic E-state index is 0.190. The predicted octanol–water partition coefficient (Wildman–Crippen LogP) is 3.29. The molecule has 5 heteroatoms. The molecule has 0 aliphatic carbocycles. The lowest BCUT2D eigenvalue weighted by atomic mass is 10.1. The van der Waals surface area contributed by atoms with Crippen molar-refractivity contribution in [1.82, 2.24) is 10.2 Å². The smallest absolute Gasteiger partial charge is 0.254 e. The van der Waals surface area contributed by atoms with Crippen molar-refractivity contribution in [1.29, 1.82) is 0 Å². The number of rotatable bonds is 7. The molecule has 0 unspecified atom stereocenters. The maximum absolute atomic E-state index is 13.9. The van der Waals surface area contributed by atoms with Crippen LogP contribution in [0.25, 0.3) is 0 Å². The summed E-state index contributed by atoms with van der Waals surface area (Å²) in [6, 6.07) is 13.5. The fourth-order valence-corrected chi connectivity index (χ4v) is 2.47. The number of hydrogen-bond acceptors (Lipinski definition) is 2. The third-order valence-corrected chi connectivity index (χ3v) is 3.87. The van der Waals surface area contributed by atoms with Gasteiger partial charge >= 0.3 is 0 Å². The Balaban J connectivity index is 2.21. The van der Waals surface area contributed by atoms with Crippen LogP contribution in [0.3, 0.4) is 0 Å². The summed E-state index contributed by atoms with van der Waals surface area (Å²) in [5, 5.41) is 2.67. The van der Waals surface area contributed by atoms with Crippen LogP contribution in [-0.4, -0.2) is 23.3 Å². The number of carbonyl (C=O) groups is 2. The van der Waals surface area contributed by atoms with Gasteiger partial charge < -0.3 is 10.2 Å². The van der Waals surface area contributed by atoms with Crippen molar-refractivity contribution >= 4 is 11.8 Å². The second kappa shape index (κ2) is 8.78. The molecule has 25 heavy (non-hydrogen) atoms. The molecular formula is C20H21FN2O2. The minimum Gasteiger partial charge on any atom is -0.348 e.